The second-order valence-electron chi connectivity index (χ2n) is 4.35. The molecule has 5 heteroatoms. The van der Waals surface area contributed by atoms with Gasteiger partial charge in [0.15, 0.2) is 0 Å². The van der Waals surface area contributed by atoms with E-state index in [-0.39, 0.29) is 23.0 Å². The Bertz CT molecular complexity index is 424. The molecule has 1 heterocycles. The van der Waals surface area contributed by atoms with Crippen LogP contribution in [0.5, 0.6) is 0 Å². The Morgan fingerprint density at radius 2 is 2.39 bits per heavy atom. The molecule has 0 aliphatic carbocycles. The number of benzene rings is 1. The molecule has 100 valence electrons. The lowest BCUT2D eigenvalue weighted by atomic mass is 9.98. The fourth-order valence-corrected chi connectivity index (χ4v) is 2.79. The van der Waals surface area contributed by atoms with Crippen LogP contribution in [0, 0.1) is 5.82 Å². The van der Waals surface area contributed by atoms with Crippen molar-refractivity contribution in [1.29, 1.82) is 0 Å². The molecule has 1 N–H and O–H groups in total. The van der Waals surface area contributed by atoms with E-state index in [1.54, 1.807) is 12.1 Å². The van der Waals surface area contributed by atoms with E-state index in [9.17, 15) is 4.39 Å². The molecule has 1 aliphatic heterocycles. The third-order valence-electron chi connectivity index (χ3n) is 3.16. The minimum Gasteiger partial charge on any atom is -0.376 e. The van der Waals surface area contributed by atoms with Crippen molar-refractivity contribution in [1.82, 2.24) is 5.32 Å². The number of halogens is 3. The topological polar surface area (TPSA) is 21.3 Å². The van der Waals surface area contributed by atoms with Crippen molar-refractivity contribution < 1.29 is 9.13 Å². The molecule has 0 saturated carbocycles. The molecule has 1 aromatic carbocycles. The number of hydrogen-bond donors (Lipinski definition) is 1. The summed E-state index contributed by atoms with van der Waals surface area (Å²) in [5.74, 6) is -0.368. The Morgan fingerprint density at radius 1 is 1.61 bits per heavy atom. The fraction of sp³-hybridized carbons (Fsp3) is 0.538. The molecule has 0 spiro atoms. The first-order valence-corrected chi connectivity index (χ1v) is 7.30. The zero-order chi connectivity index (χ0) is 13.1. The summed E-state index contributed by atoms with van der Waals surface area (Å²) in [6, 6.07) is 3.41. The van der Waals surface area contributed by atoms with Crippen molar-refractivity contribution in [3.63, 3.8) is 0 Å². The molecule has 2 rings (SSSR count). The predicted molar refractivity (Wildman–Crippen MR) is 74.5 cm³/mol. The van der Waals surface area contributed by atoms with Crippen LogP contribution in [0.4, 0.5) is 4.39 Å². The van der Waals surface area contributed by atoms with Gasteiger partial charge in [0.2, 0.25) is 0 Å². The molecule has 0 aromatic heterocycles. The van der Waals surface area contributed by atoms with E-state index < -0.39 is 0 Å². The minimum absolute atomic E-state index is 0.0247. The van der Waals surface area contributed by atoms with Gasteiger partial charge in [-0.3, -0.25) is 0 Å². The lowest BCUT2D eigenvalue weighted by molar-refractivity contribution is 0.0777. The van der Waals surface area contributed by atoms with Crippen LogP contribution in [0.15, 0.2) is 16.6 Å². The van der Waals surface area contributed by atoms with Crippen molar-refractivity contribution in [2.45, 2.75) is 31.9 Å². The second kappa shape index (κ2) is 6.33. The van der Waals surface area contributed by atoms with Crippen molar-refractivity contribution in [3.05, 3.63) is 33.0 Å². The quantitative estimate of drug-likeness (QED) is 0.837. The number of rotatable bonds is 4. The Kier molecular flexibility index (Phi) is 5.01. The summed E-state index contributed by atoms with van der Waals surface area (Å²) in [4.78, 5) is 0. The van der Waals surface area contributed by atoms with Crippen molar-refractivity contribution in [3.8, 4) is 0 Å². The van der Waals surface area contributed by atoms with Crippen LogP contribution in [0.25, 0.3) is 0 Å². The van der Waals surface area contributed by atoms with Crippen LogP contribution in [0.1, 0.15) is 31.4 Å². The van der Waals surface area contributed by atoms with E-state index in [4.69, 9.17) is 16.3 Å². The third kappa shape index (κ3) is 2.87. The molecule has 1 fully saturated rings. The van der Waals surface area contributed by atoms with E-state index in [0.29, 0.717) is 10.0 Å². The van der Waals surface area contributed by atoms with Gasteiger partial charge < -0.3 is 10.1 Å². The SMILES string of the molecule is CCNC(c1ccc(Br)c(Cl)c1F)C1CCCO1. The average Bonchev–Trinajstić information content (AvgIpc) is 2.88. The number of nitrogens with one attached hydrogen (secondary N) is 1. The largest absolute Gasteiger partial charge is 0.376 e. The Hall–Kier alpha value is -0.160. The highest BCUT2D eigenvalue weighted by Crippen LogP contribution is 2.34. The van der Waals surface area contributed by atoms with E-state index in [0.717, 1.165) is 26.0 Å². The Morgan fingerprint density at radius 3 is 3.00 bits per heavy atom. The van der Waals surface area contributed by atoms with Gasteiger partial charge in [-0.05, 0) is 41.4 Å². The summed E-state index contributed by atoms with van der Waals surface area (Å²) in [6.45, 7) is 3.51. The van der Waals surface area contributed by atoms with Crippen molar-refractivity contribution in [2.75, 3.05) is 13.2 Å². The summed E-state index contributed by atoms with van der Waals surface area (Å²) in [6.07, 6.45) is 2.00. The van der Waals surface area contributed by atoms with Gasteiger partial charge in [-0.15, -0.1) is 0 Å². The highest BCUT2D eigenvalue weighted by molar-refractivity contribution is 9.10. The van der Waals surface area contributed by atoms with Crippen molar-refractivity contribution >= 4 is 27.5 Å². The highest BCUT2D eigenvalue weighted by atomic mass is 79.9. The summed E-state index contributed by atoms with van der Waals surface area (Å²) >= 11 is 9.17. The van der Waals surface area contributed by atoms with Crippen molar-refractivity contribution in [2.24, 2.45) is 0 Å². The highest BCUT2D eigenvalue weighted by Gasteiger charge is 2.29. The van der Waals surface area contributed by atoms with Gasteiger partial charge >= 0.3 is 0 Å². The van der Waals surface area contributed by atoms with Gasteiger partial charge in [-0.25, -0.2) is 4.39 Å². The predicted octanol–water partition coefficient (Wildman–Crippen LogP) is 4.07. The molecule has 0 bridgehead atoms. The van der Waals surface area contributed by atoms with E-state index in [1.807, 2.05) is 6.92 Å². The van der Waals surface area contributed by atoms with Crippen LogP contribution in [0.2, 0.25) is 5.02 Å². The minimum atomic E-state index is -0.368. The molecule has 18 heavy (non-hydrogen) atoms. The van der Waals surface area contributed by atoms with Crippen LogP contribution in [-0.2, 0) is 4.74 Å². The molecule has 2 unspecified atom stereocenters. The fourth-order valence-electron chi connectivity index (χ4n) is 2.31. The molecule has 2 atom stereocenters. The van der Waals surface area contributed by atoms with Crippen LogP contribution in [-0.4, -0.2) is 19.3 Å². The molecule has 2 nitrogen and oxygen atoms in total. The molecule has 1 aliphatic rings. The maximum absolute atomic E-state index is 14.2. The van der Waals surface area contributed by atoms with Crippen LogP contribution in [0.3, 0.4) is 0 Å². The number of ether oxygens (including phenoxy) is 1. The maximum atomic E-state index is 14.2. The summed E-state index contributed by atoms with van der Waals surface area (Å²) < 4.78 is 20.5. The van der Waals surface area contributed by atoms with Gasteiger partial charge in [0.1, 0.15) is 5.82 Å². The molecule has 0 amide bonds. The zero-order valence-corrected chi connectivity index (χ0v) is 12.5. The smallest absolute Gasteiger partial charge is 0.147 e. The normalized spacial score (nSPS) is 21.2. The first-order chi connectivity index (χ1) is 8.65. The standard InChI is InChI=1S/C13H16BrClFNO/c1-2-17-13(10-4-3-7-18-10)8-5-6-9(14)11(15)12(8)16/h5-6,10,13,17H,2-4,7H2,1H3. The summed E-state index contributed by atoms with van der Waals surface area (Å²) in [5.41, 5.74) is 0.581. The Labute approximate surface area is 120 Å². The van der Waals surface area contributed by atoms with Gasteiger partial charge in [-0.1, -0.05) is 24.6 Å². The second-order valence-corrected chi connectivity index (χ2v) is 5.58. The van der Waals surface area contributed by atoms with E-state index in [2.05, 4.69) is 21.2 Å². The molecular formula is C13H16BrClFNO. The average molecular weight is 337 g/mol. The first-order valence-electron chi connectivity index (χ1n) is 6.13. The van der Waals surface area contributed by atoms with E-state index in [1.165, 1.54) is 0 Å². The van der Waals surface area contributed by atoms with Gasteiger partial charge in [0, 0.05) is 16.6 Å². The number of hydrogen-bond acceptors (Lipinski definition) is 2. The first kappa shape index (κ1) is 14.3. The van der Waals surface area contributed by atoms with Gasteiger partial charge in [-0.2, -0.15) is 0 Å². The molecular weight excluding hydrogens is 321 g/mol. The summed E-state index contributed by atoms with van der Waals surface area (Å²) in [5, 5.41) is 3.42. The van der Waals surface area contributed by atoms with Gasteiger partial charge in [0.25, 0.3) is 0 Å². The van der Waals surface area contributed by atoms with Crippen LogP contribution >= 0.6 is 27.5 Å². The van der Waals surface area contributed by atoms with Gasteiger partial charge in [0.05, 0.1) is 17.2 Å². The monoisotopic (exact) mass is 335 g/mol. The lowest BCUT2D eigenvalue weighted by Gasteiger charge is -2.25. The summed E-state index contributed by atoms with van der Waals surface area (Å²) in [7, 11) is 0. The third-order valence-corrected chi connectivity index (χ3v) is 4.42. The zero-order valence-electron chi connectivity index (χ0n) is 10.2. The molecule has 0 radical (unpaired) electrons. The van der Waals surface area contributed by atoms with E-state index >= 15 is 0 Å². The molecule has 1 aromatic rings. The Balaban J connectivity index is 2.32. The lowest BCUT2D eigenvalue weighted by Crippen LogP contribution is -2.32. The molecule has 1 saturated heterocycles. The van der Waals surface area contributed by atoms with Crippen LogP contribution < -0.4 is 5.32 Å². The number of likely N-dealkylation sites (N-methyl/N-ethyl adjacent to an activating group) is 1. The maximum Gasteiger partial charge on any atom is 0.147 e.